The SMILES string of the molecule is CCN(Cc1n[nH]nc1C(=O)O)c1ccc(-c2ccc(OC(F)(F)F)cc2)cc1.O=C(O)C(F)(F)F. The molecule has 1 aromatic heterocycles. The maximum absolute atomic E-state index is 12.3. The molecule has 9 nitrogen and oxygen atoms in total. The average Bonchev–Trinajstić information content (AvgIpc) is 3.25. The van der Waals surface area contributed by atoms with Gasteiger partial charge in [0.1, 0.15) is 11.4 Å². The number of carboxylic acid groups (broad SMARTS) is 2. The molecule has 0 saturated heterocycles. The molecule has 0 atom stereocenters. The number of carboxylic acids is 2. The molecule has 3 aromatic rings. The van der Waals surface area contributed by atoms with Crippen LogP contribution in [0, 0.1) is 0 Å². The minimum absolute atomic E-state index is 0.124. The number of aromatic amines is 1. The monoisotopic (exact) mass is 520 g/mol. The third-order valence-electron chi connectivity index (χ3n) is 4.44. The Hall–Kier alpha value is -4.30. The van der Waals surface area contributed by atoms with Gasteiger partial charge in [-0.25, -0.2) is 9.59 Å². The quantitative estimate of drug-likeness (QED) is 0.382. The van der Waals surface area contributed by atoms with E-state index in [0.29, 0.717) is 12.2 Å². The number of rotatable bonds is 7. The van der Waals surface area contributed by atoms with E-state index in [1.165, 1.54) is 12.1 Å². The summed E-state index contributed by atoms with van der Waals surface area (Å²) in [5, 5.41) is 26.1. The molecule has 36 heavy (non-hydrogen) atoms. The van der Waals surface area contributed by atoms with Crippen molar-refractivity contribution in [1.29, 1.82) is 0 Å². The Morgan fingerprint density at radius 2 is 1.42 bits per heavy atom. The molecule has 0 fully saturated rings. The lowest BCUT2D eigenvalue weighted by atomic mass is 10.0. The number of hydrogen-bond acceptors (Lipinski definition) is 6. The van der Waals surface area contributed by atoms with E-state index in [4.69, 9.17) is 15.0 Å². The van der Waals surface area contributed by atoms with E-state index < -0.39 is 24.5 Å². The summed E-state index contributed by atoms with van der Waals surface area (Å²) >= 11 is 0. The Balaban J connectivity index is 0.000000572. The van der Waals surface area contributed by atoms with Gasteiger partial charge in [0.25, 0.3) is 0 Å². The molecule has 0 radical (unpaired) electrons. The van der Waals surface area contributed by atoms with Crippen LogP contribution in [0.5, 0.6) is 5.75 Å². The number of aromatic carboxylic acids is 1. The summed E-state index contributed by atoms with van der Waals surface area (Å²) in [5.41, 5.74) is 2.59. The van der Waals surface area contributed by atoms with Gasteiger partial charge in [-0.3, -0.25) is 0 Å². The van der Waals surface area contributed by atoms with Gasteiger partial charge in [-0.2, -0.15) is 23.5 Å². The van der Waals surface area contributed by atoms with Gasteiger partial charge in [0.2, 0.25) is 0 Å². The third-order valence-corrected chi connectivity index (χ3v) is 4.44. The average molecular weight is 520 g/mol. The number of carbonyl (C=O) groups is 2. The van der Waals surface area contributed by atoms with E-state index in [-0.39, 0.29) is 18.0 Å². The van der Waals surface area contributed by atoms with E-state index in [2.05, 4.69) is 20.1 Å². The highest BCUT2D eigenvalue weighted by Crippen LogP contribution is 2.28. The second kappa shape index (κ2) is 11.4. The van der Waals surface area contributed by atoms with Gasteiger partial charge in [-0.1, -0.05) is 24.3 Å². The number of halogens is 6. The highest BCUT2D eigenvalue weighted by Gasteiger charge is 2.38. The molecule has 0 aliphatic rings. The number of alkyl halides is 6. The van der Waals surface area contributed by atoms with E-state index in [1.807, 2.05) is 36.1 Å². The molecule has 0 spiro atoms. The van der Waals surface area contributed by atoms with Crippen molar-refractivity contribution in [2.24, 2.45) is 0 Å². The van der Waals surface area contributed by atoms with E-state index in [9.17, 15) is 31.1 Å². The van der Waals surface area contributed by atoms with Gasteiger partial charge in [0.15, 0.2) is 5.69 Å². The molecule has 0 saturated carbocycles. The molecular formula is C21H18F6N4O5. The van der Waals surface area contributed by atoms with Gasteiger partial charge in [0, 0.05) is 12.2 Å². The molecule has 2 aromatic carbocycles. The van der Waals surface area contributed by atoms with Crippen LogP contribution in [0.25, 0.3) is 11.1 Å². The van der Waals surface area contributed by atoms with Crippen molar-refractivity contribution < 1.29 is 50.9 Å². The van der Waals surface area contributed by atoms with Gasteiger partial charge in [0.05, 0.1) is 6.54 Å². The number of H-pyrrole nitrogens is 1. The van der Waals surface area contributed by atoms with Crippen LogP contribution in [0.4, 0.5) is 32.0 Å². The molecular weight excluding hydrogens is 502 g/mol. The molecule has 0 unspecified atom stereocenters. The molecule has 0 aliphatic carbocycles. The number of aliphatic carboxylic acids is 1. The maximum atomic E-state index is 12.3. The van der Waals surface area contributed by atoms with Crippen LogP contribution in [0.3, 0.4) is 0 Å². The van der Waals surface area contributed by atoms with Crippen molar-refractivity contribution >= 4 is 17.6 Å². The number of nitrogens with zero attached hydrogens (tertiary/aromatic N) is 3. The number of anilines is 1. The van der Waals surface area contributed by atoms with Crippen molar-refractivity contribution in [3.05, 3.63) is 59.9 Å². The fraction of sp³-hybridized carbons (Fsp3) is 0.238. The molecule has 15 heteroatoms. The standard InChI is InChI=1S/C19H17F3N4O3.C2HF3O2/c1-2-26(11-16-17(18(27)28)24-25-23-16)14-7-3-12(4-8-14)13-5-9-15(10-6-13)29-19(20,21)22;3-2(4,5)1(6)7/h3-10H,2,11H2,1H3,(H,27,28)(H,23,24,25);(H,6,7). The molecule has 0 amide bonds. The van der Waals surface area contributed by atoms with Crippen LogP contribution >= 0.6 is 0 Å². The van der Waals surface area contributed by atoms with E-state index >= 15 is 0 Å². The topological polar surface area (TPSA) is 129 Å². The molecule has 1 heterocycles. The van der Waals surface area contributed by atoms with Crippen LogP contribution in [-0.4, -0.2) is 56.6 Å². The first-order valence-corrected chi connectivity index (χ1v) is 9.85. The second-order valence-electron chi connectivity index (χ2n) is 6.86. The lowest BCUT2D eigenvalue weighted by molar-refractivity contribution is -0.274. The predicted molar refractivity (Wildman–Crippen MR) is 112 cm³/mol. The lowest BCUT2D eigenvalue weighted by Crippen LogP contribution is -2.23. The summed E-state index contributed by atoms with van der Waals surface area (Å²) in [4.78, 5) is 22.0. The van der Waals surface area contributed by atoms with Crippen molar-refractivity contribution in [3.63, 3.8) is 0 Å². The Kier molecular flexibility index (Phi) is 8.86. The molecule has 194 valence electrons. The summed E-state index contributed by atoms with van der Waals surface area (Å²) < 4.78 is 72.4. The Morgan fingerprint density at radius 1 is 0.917 bits per heavy atom. The smallest absolute Gasteiger partial charge is 0.476 e. The summed E-state index contributed by atoms with van der Waals surface area (Å²) in [6.45, 7) is 2.79. The number of nitrogens with one attached hydrogen (secondary N) is 1. The lowest BCUT2D eigenvalue weighted by Gasteiger charge is -2.22. The van der Waals surface area contributed by atoms with Gasteiger partial charge in [-0.05, 0) is 42.3 Å². The highest BCUT2D eigenvalue weighted by atomic mass is 19.4. The van der Waals surface area contributed by atoms with Crippen LogP contribution in [0.2, 0.25) is 0 Å². The molecule has 0 bridgehead atoms. The molecule has 3 rings (SSSR count). The van der Waals surface area contributed by atoms with Gasteiger partial charge >= 0.3 is 24.5 Å². The van der Waals surface area contributed by atoms with Crippen molar-refractivity contribution in [3.8, 4) is 16.9 Å². The predicted octanol–water partition coefficient (Wildman–Crippen LogP) is 4.73. The highest BCUT2D eigenvalue weighted by molar-refractivity contribution is 5.86. The Labute approximate surface area is 198 Å². The first-order valence-electron chi connectivity index (χ1n) is 9.85. The zero-order chi connectivity index (χ0) is 27.1. The van der Waals surface area contributed by atoms with Crippen molar-refractivity contribution in [1.82, 2.24) is 15.4 Å². The van der Waals surface area contributed by atoms with Gasteiger partial charge < -0.3 is 19.8 Å². The first kappa shape index (κ1) is 27.9. The first-order chi connectivity index (χ1) is 16.7. The van der Waals surface area contributed by atoms with Crippen LogP contribution in [0.15, 0.2) is 48.5 Å². The normalized spacial score (nSPS) is 11.3. The number of aromatic nitrogens is 3. The number of hydrogen-bond donors (Lipinski definition) is 3. The van der Waals surface area contributed by atoms with Crippen LogP contribution in [-0.2, 0) is 11.3 Å². The van der Waals surface area contributed by atoms with Crippen LogP contribution in [0.1, 0.15) is 23.1 Å². The maximum Gasteiger partial charge on any atom is 0.573 e. The molecule has 3 N–H and O–H groups in total. The van der Waals surface area contributed by atoms with Crippen LogP contribution < -0.4 is 9.64 Å². The summed E-state index contributed by atoms with van der Waals surface area (Å²) in [6, 6.07) is 13.0. The number of benzene rings is 2. The fourth-order valence-corrected chi connectivity index (χ4v) is 2.81. The largest absolute Gasteiger partial charge is 0.573 e. The summed E-state index contributed by atoms with van der Waals surface area (Å²) in [6.07, 6.45) is -9.81. The van der Waals surface area contributed by atoms with E-state index in [1.54, 1.807) is 12.1 Å². The Bertz CT molecular complexity index is 1160. The third kappa shape index (κ3) is 8.18. The fourth-order valence-electron chi connectivity index (χ4n) is 2.81. The second-order valence-corrected chi connectivity index (χ2v) is 6.86. The van der Waals surface area contributed by atoms with Crippen molar-refractivity contribution in [2.45, 2.75) is 26.0 Å². The minimum atomic E-state index is -5.08. The van der Waals surface area contributed by atoms with Crippen molar-refractivity contribution in [2.75, 3.05) is 11.4 Å². The van der Waals surface area contributed by atoms with Gasteiger partial charge in [-0.15, -0.1) is 18.3 Å². The zero-order valence-electron chi connectivity index (χ0n) is 18.3. The zero-order valence-corrected chi connectivity index (χ0v) is 18.3. The minimum Gasteiger partial charge on any atom is -0.476 e. The van der Waals surface area contributed by atoms with E-state index in [0.717, 1.165) is 16.8 Å². The molecule has 0 aliphatic heterocycles. The summed E-state index contributed by atoms with van der Waals surface area (Å²) in [7, 11) is 0. The number of ether oxygens (including phenoxy) is 1. The summed E-state index contributed by atoms with van der Waals surface area (Å²) in [5.74, 6) is -4.19. The Morgan fingerprint density at radius 3 is 1.83 bits per heavy atom.